The average Bonchev–Trinajstić information content (AvgIpc) is 2.77. The van der Waals surface area contributed by atoms with Crippen molar-refractivity contribution in [2.75, 3.05) is 19.7 Å². The average molecular weight is 267 g/mol. The van der Waals surface area contributed by atoms with Gasteiger partial charge in [-0.05, 0) is 31.4 Å². The van der Waals surface area contributed by atoms with Crippen LogP contribution < -0.4 is 0 Å². The van der Waals surface area contributed by atoms with Crippen molar-refractivity contribution in [3.8, 4) is 0 Å². The lowest BCUT2D eigenvalue weighted by atomic mass is 10.0. The molecule has 1 aliphatic rings. The van der Waals surface area contributed by atoms with Crippen molar-refractivity contribution in [1.82, 2.24) is 4.90 Å². The van der Waals surface area contributed by atoms with Crippen LogP contribution in [0.5, 0.6) is 0 Å². The molecule has 1 saturated heterocycles. The molecule has 0 aromatic heterocycles. The van der Waals surface area contributed by atoms with Crippen LogP contribution in [0, 0.1) is 11.7 Å². The Hall–Kier alpha value is -0.970. The SMILES string of the molecule is CC1CCN(CCC(O)c2ccccc2F)C1CO. The predicted molar refractivity (Wildman–Crippen MR) is 72.2 cm³/mol. The molecule has 106 valence electrons. The summed E-state index contributed by atoms with van der Waals surface area (Å²) in [6.07, 6.45) is 0.780. The minimum Gasteiger partial charge on any atom is -0.395 e. The summed E-state index contributed by atoms with van der Waals surface area (Å²) >= 11 is 0. The molecule has 1 aliphatic heterocycles. The minimum absolute atomic E-state index is 0.150. The van der Waals surface area contributed by atoms with Crippen LogP contribution in [0.3, 0.4) is 0 Å². The molecule has 2 N–H and O–H groups in total. The van der Waals surface area contributed by atoms with Gasteiger partial charge in [0.15, 0.2) is 0 Å². The third kappa shape index (κ3) is 3.32. The molecule has 1 aromatic rings. The standard InChI is InChI=1S/C15H22FNO2/c1-11-6-8-17(14(11)10-18)9-7-15(19)12-4-2-3-5-13(12)16/h2-5,11,14-15,18-19H,6-10H2,1H3. The van der Waals surface area contributed by atoms with Crippen molar-refractivity contribution in [1.29, 1.82) is 0 Å². The first kappa shape index (κ1) is 14.4. The molecule has 3 nitrogen and oxygen atoms in total. The molecule has 0 bridgehead atoms. The van der Waals surface area contributed by atoms with Gasteiger partial charge in [0.1, 0.15) is 5.82 Å². The molecule has 3 atom stereocenters. The molecule has 3 unspecified atom stereocenters. The third-order valence-electron chi connectivity index (χ3n) is 4.14. The van der Waals surface area contributed by atoms with Gasteiger partial charge in [-0.15, -0.1) is 0 Å². The Labute approximate surface area is 113 Å². The Bertz CT molecular complexity index is 413. The summed E-state index contributed by atoms with van der Waals surface area (Å²) in [5.41, 5.74) is 0.357. The smallest absolute Gasteiger partial charge is 0.128 e. The molecule has 1 heterocycles. The van der Waals surface area contributed by atoms with Crippen molar-refractivity contribution < 1.29 is 14.6 Å². The number of likely N-dealkylation sites (tertiary alicyclic amines) is 1. The van der Waals surface area contributed by atoms with Crippen LogP contribution in [0.4, 0.5) is 4.39 Å². The molecule has 1 aromatic carbocycles. The van der Waals surface area contributed by atoms with Gasteiger partial charge < -0.3 is 10.2 Å². The number of nitrogens with zero attached hydrogens (tertiary/aromatic N) is 1. The highest BCUT2D eigenvalue weighted by atomic mass is 19.1. The van der Waals surface area contributed by atoms with Gasteiger partial charge in [0, 0.05) is 18.2 Å². The molecule has 0 aliphatic carbocycles. The highest BCUT2D eigenvalue weighted by Crippen LogP contribution is 2.26. The topological polar surface area (TPSA) is 43.7 Å². The number of rotatable bonds is 5. The van der Waals surface area contributed by atoms with E-state index in [0.29, 0.717) is 24.4 Å². The van der Waals surface area contributed by atoms with Gasteiger partial charge in [-0.1, -0.05) is 25.1 Å². The molecule has 1 fully saturated rings. The Morgan fingerprint density at radius 2 is 2.16 bits per heavy atom. The zero-order valence-corrected chi connectivity index (χ0v) is 11.3. The maximum absolute atomic E-state index is 13.5. The maximum atomic E-state index is 13.5. The van der Waals surface area contributed by atoms with Crippen LogP contribution in [-0.4, -0.2) is 40.9 Å². The van der Waals surface area contributed by atoms with Crippen molar-refractivity contribution in [3.05, 3.63) is 35.6 Å². The number of aliphatic hydroxyl groups is 2. The summed E-state index contributed by atoms with van der Waals surface area (Å²) in [7, 11) is 0. The molecule has 0 saturated carbocycles. The second-order valence-electron chi connectivity index (χ2n) is 5.38. The Balaban J connectivity index is 1.90. The van der Waals surface area contributed by atoms with E-state index in [1.165, 1.54) is 6.07 Å². The first-order chi connectivity index (χ1) is 9.13. The lowest BCUT2D eigenvalue weighted by Gasteiger charge is -2.26. The second kappa shape index (κ2) is 6.46. The van der Waals surface area contributed by atoms with E-state index in [1.54, 1.807) is 18.2 Å². The fraction of sp³-hybridized carbons (Fsp3) is 0.600. The van der Waals surface area contributed by atoms with Crippen LogP contribution in [0.25, 0.3) is 0 Å². The van der Waals surface area contributed by atoms with Gasteiger partial charge >= 0.3 is 0 Å². The van der Waals surface area contributed by atoms with E-state index in [0.717, 1.165) is 13.0 Å². The first-order valence-electron chi connectivity index (χ1n) is 6.91. The van der Waals surface area contributed by atoms with Crippen LogP contribution in [-0.2, 0) is 0 Å². The highest BCUT2D eigenvalue weighted by Gasteiger charge is 2.30. The van der Waals surface area contributed by atoms with E-state index in [-0.39, 0.29) is 18.5 Å². The molecule has 0 spiro atoms. The van der Waals surface area contributed by atoms with Gasteiger partial charge in [-0.3, -0.25) is 4.90 Å². The molecule has 2 rings (SSSR count). The van der Waals surface area contributed by atoms with E-state index in [4.69, 9.17) is 0 Å². The monoisotopic (exact) mass is 267 g/mol. The fourth-order valence-electron chi connectivity index (χ4n) is 2.85. The molecule has 0 amide bonds. The Morgan fingerprint density at radius 3 is 2.84 bits per heavy atom. The Morgan fingerprint density at radius 1 is 1.42 bits per heavy atom. The Kier molecular flexibility index (Phi) is 4.91. The van der Waals surface area contributed by atoms with Crippen LogP contribution in [0.2, 0.25) is 0 Å². The second-order valence-corrected chi connectivity index (χ2v) is 5.38. The van der Waals surface area contributed by atoms with E-state index in [1.807, 2.05) is 0 Å². The van der Waals surface area contributed by atoms with Gasteiger partial charge in [0.25, 0.3) is 0 Å². The van der Waals surface area contributed by atoms with E-state index in [2.05, 4.69) is 11.8 Å². The molecular weight excluding hydrogens is 245 g/mol. The summed E-state index contributed by atoms with van der Waals surface area (Å²) < 4.78 is 13.5. The summed E-state index contributed by atoms with van der Waals surface area (Å²) in [6.45, 7) is 3.91. The number of aliphatic hydroxyl groups excluding tert-OH is 2. The van der Waals surface area contributed by atoms with Gasteiger partial charge in [-0.25, -0.2) is 4.39 Å². The number of hydrogen-bond acceptors (Lipinski definition) is 3. The summed E-state index contributed by atoms with van der Waals surface area (Å²) in [5, 5.41) is 19.4. The molecule has 19 heavy (non-hydrogen) atoms. The third-order valence-corrected chi connectivity index (χ3v) is 4.14. The van der Waals surface area contributed by atoms with Gasteiger partial charge in [-0.2, -0.15) is 0 Å². The van der Waals surface area contributed by atoms with Crippen LogP contribution >= 0.6 is 0 Å². The van der Waals surface area contributed by atoms with Crippen molar-refractivity contribution in [2.45, 2.75) is 31.9 Å². The van der Waals surface area contributed by atoms with Crippen molar-refractivity contribution >= 4 is 0 Å². The van der Waals surface area contributed by atoms with E-state index >= 15 is 0 Å². The first-order valence-corrected chi connectivity index (χ1v) is 6.91. The number of halogens is 1. The number of benzene rings is 1. The number of hydrogen-bond donors (Lipinski definition) is 2. The van der Waals surface area contributed by atoms with E-state index in [9.17, 15) is 14.6 Å². The maximum Gasteiger partial charge on any atom is 0.128 e. The predicted octanol–water partition coefficient (Wildman–Crippen LogP) is 1.95. The quantitative estimate of drug-likeness (QED) is 0.857. The zero-order valence-electron chi connectivity index (χ0n) is 11.3. The van der Waals surface area contributed by atoms with Crippen molar-refractivity contribution in [3.63, 3.8) is 0 Å². The largest absolute Gasteiger partial charge is 0.395 e. The van der Waals surface area contributed by atoms with Crippen molar-refractivity contribution in [2.24, 2.45) is 5.92 Å². The zero-order chi connectivity index (χ0) is 13.8. The van der Waals surface area contributed by atoms with Crippen LogP contribution in [0.15, 0.2) is 24.3 Å². The normalized spacial score (nSPS) is 25.7. The highest BCUT2D eigenvalue weighted by molar-refractivity contribution is 5.19. The molecular formula is C15H22FNO2. The van der Waals surface area contributed by atoms with E-state index < -0.39 is 6.10 Å². The van der Waals surface area contributed by atoms with Gasteiger partial charge in [0.05, 0.1) is 12.7 Å². The lowest BCUT2D eigenvalue weighted by molar-refractivity contribution is 0.105. The lowest BCUT2D eigenvalue weighted by Crippen LogP contribution is -2.36. The van der Waals surface area contributed by atoms with Crippen LogP contribution in [0.1, 0.15) is 31.4 Å². The fourth-order valence-corrected chi connectivity index (χ4v) is 2.85. The van der Waals surface area contributed by atoms with Gasteiger partial charge in [0.2, 0.25) is 0 Å². The molecule has 0 radical (unpaired) electrons. The minimum atomic E-state index is -0.781. The summed E-state index contributed by atoms with van der Waals surface area (Å²) in [5.74, 6) is 0.124. The summed E-state index contributed by atoms with van der Waals surface area (Å²) in [6, 6.07) is 6.52. The molecule has 4 heteroatoms. The summed E-state index contributed by atoms with van der Waals surface area (Å²) in [4.78, 5) is 2.19.